The average molecular weight is 350 g/mol. The number of nitrogens with zero attached hydrogens (tertiary/aromatic N) is 1. The lowest BCUT2D eigenvalue weighted by atomic mass is 9.80. The number of carbonyl (C=O) groups excluding carboxylic acids is 1. The van der Waals surface area contributed by atoms with Crippen LogP contribution in [0.3, 0.4) is 0 Å². The van der Waals surface area contributed by atoms with E-state index in [4.69, 9.17) is 0 Å². The predicted octanol–water partition coefficient (Wildman–Crippen LogP) is 4.62. The Balaban J connectivity index is 2.04. The zero-order chi connectivity index (χ0) is 19.1. The van der Waals surface area contributed by atoms with E-state index in [1.165, 1.54) is 0 Å². The van der Waals surface area contributed by atoms with E-state index in [1.54, 1.807) is 42.5 Å². The summed E-state index contributed by atoms with van der Waals surface area (Å²) in [5, 5.41) is 23.9. The summed E-state index contributed by atoms with van der Waals surface area (Å²) in [6, 6.07) is 14.0. The highest BCUT2D eigenvalue weighted by atomic mass is 16.5. The lowest BCUT2D eigenvalue weighted by Gasteiger charge is -2.45. The molecule has 0 atom stereocenters. The molecular formula is C22H24NO3. The first-order chi connectivity index (χ1) is 12.1. The molecule has 2 aromatic rings. The van der Waals surface area contributed by atoms with Crippen LogP contribution in [-0.2, 0) is 5.21 Å². The molecule has 1 N–H and O–H groups in total. The zero-order valence-corrected chi connectivity index (χ0v) is 15.6. The summed E-state index contributed by atoms with van der Waals surface area (Å²) in [4.78, 5) is 12.8. The third-order valence-corrected chi connectivity index (χ3v) is 4.87. The molecule has 0 aliphatic carbocycles. The maximum absolute atomic E-state index is 12.8. The number of benzene rings is 2. The van der Waals surface area contributed by atoms with E-state index in [9.17, 15) is 15.1 Å². The van der Waals surface area contributed by atoms with Crippen molar-refractivity contribution in [2.45, 2.75) is 45.2 Å². The van der Waals surface area contributed by atoms with Gasteiger partial charge in [0, 0.05) is 11.1 Å². The minimum atomic E-state index is -0.640. The van der Waals surface area contributed by atoms with Gasteiger partial charge in [-0.2, -0.15) is 0 Å². The molecule has 4 nitrogen and oxygen atoms in total. The predicted molar refractivity (Wildman–Crippen MR) is 101 cm³/mol. The van der Waals surface area contributed by atoms with Gasteiger partial charge in [0.05, 0.1) is 11.1 Å². The van der Waals surface area contributed by atoms with Gasteiger partial charge in [-0.05, 0) is 57.4 Å². The molecule has 135 valence electrons. The Labute approximate surface area is 154 Å². The molecule has 1 aliphatic heterocycles. The highest BCUT2D eigenvalue weighted by Crippen LogP contribution is 2.40. The van der Waals surface area contributed by atoms with E-state index in [1.807, 2.05) is 39.8 Å². The average Bonchev–Trinajstić information content (AvgIpc) is 2.59. The van der Waals surface area contributed by atoms with Crippen molar-refractivity contribution in [2.75, 3.05) is 0 Å². The monoisotopic (exact) mass is 350 g/mol. The Kier molecular flexibility index (Phi) is 4.51. The molecule has 0 saturated heterocycles. The molecule has 0 amide bonds. The normalized spacial score (nSPS) is 19.0. The summed E-state index contributed by atoms with van der Waals surface area (Å²) in [6.45, 7) is 7.62. The van der Waals surface area contributed by atoms with Crippen molar-refractivity contribution in [3.8, 4) is 5.75 Å². The van der Waals surface area contributed by atoms with Crippen LogP contribution in [0, 0.1) is 0 Å². The SMILES string of the molecule is CC1(C)C=C(c2ccc(O)c(C(=O)c3ccccc3)c2)CC(C)(C)N1[O]. The highest BCUT2D eigenvalue weighted by molar-refractivity contribution is 6.11. The molecule has 0 unspecified atom stereocenters. The second kappa shape index (κ2) is 6.38. The van der Waals surface area contributed by atoms with Crippen LogP contribution in [0.1, 0.15) is 55.6 Å². The largest absolute Gasteiger partial charge is 0.507 e. The molecule has 1 aliphatic rings. The summed E-state index contributed by atoms with van der Waals surface area (Å²) in [5.41, 5.74) is 1.48. The van der Waals surface area contributed by atoms with Crippen molar-refractivity contribution in [1.29, 1.82) is 0 Å². The minimum Gasteiger partial charge on any atom is -0.507 e. The summed E-state index contributed by atoms with van der Waals surface area (Å²) in [5.74, 6) is -0.256. The fourth-order valence-electron chi connectivity index (χ4n) is 3.70. The number of aromatic hydroxyl groups is 1. The van der Waals surface area contributed by atoms with E-state index >= 15 is 0 Å². The van der Waals surface area contributed by atoms with E-state index < -0.39 is 11.1 Å². The number of phenols is 1. The number of hydrogen-bond donors (Lipinski definition) is 1. The first-order valence-corrected chi connectivity index (χ1v) is 8.74. The second-order valence-electron chi connectivity index (χ2n) is 8.03. The van der Waals surface area contributed by atoms with Crippen molar-refractivity contribution >= 4 is 11.4 Å². The molecule has 1 radical (unpaired) electrons. The van der Waals surface area contributed by atoms with Crippen LogP contribution in [0.5, 0.6) is 5.75 Å². The van der Waals surface area contributed by atoms with E-state index in [0.29, 0.717) is 12.0 Å². The van der Waals surface area contributed by atoms with Gasteiger partial charge in [-0.3, -0.25) is 4.79 Å². The van der Waals surface area contributed by atoms with Gasteiger partial charge in [0.2, 0.25) is 0 Å². The molecule has 0 saturated carbocycles. The third-order valence-electron chi connectivity index (χ3n) is 4.87. The molecule has 0 spiro atoms. The summed E-state index contributed by atoms with van der Waals surface area (Å²) < 4.78 is 0. The minimum absolute atomic E-state index is 0.0389. The number of rotatable bonds is 3. The second-order valence-corrected chi connectivity index (χ2v) is 8.03. The standard InChI is InChI=1S/C22H24NO3/c1-21(2)13-17(14-22(3,4)23(21)26)16-10-11-19(24)18(12-16)20(25)15-8-6-5-7-9-15/h5-13,24H,14H2,1-4H3. The number of hydrogen-bond acceptors (Lipinski definition) is 3. The Bertz CT molecular complexity index is 866. The van der Waals surface area contributed by atoms with Crippen LogP contribution < -0.4 is 0 Å². The van der Waals surface area contributed by atoms with E-state index in [-0.39, 0.29) is 17.1 Å². The summed E-state index contributed by atoms with van der Waals surface area (Å²) in [7, 11) is 0. The Morgan fingerprint density at radius 1 is 1.04 bits per heavy atom. The summed E-state index contributed by atoms with van der Waals surface area (Å²) in [6.07, 6.45) is 2.53. The summed E-state index contributed by atoms with van der Waals surface area (Å²) >= 11 is 0. The fraction of sp³-hybridized carbons (Fsp3) is 0.318. The van der Waals surface area contributed by atoms with Crippen LogP contribution in [0.2, 0.25) is 0 Å². The van der Waals surface area contributed by atoms with Crippen molar-refractivity contribution < 1.29 is 15.1 Å². The number of phenolic OH excluding ortho intramolecular Hbond substituents is 1. The third kappa shape index (κ3) is 3.30. The Hall–Kier alpha value is -2.43. The maximum atomic E-state index is 12.8. The Morgan fingerprint density at radius 3 is 2.31 bits per heavy atom. The molecule has 3 rings (SSSR count). The first-order valence-electron chi connectivity index (χ1n) is 8.74. The number of hydroxylamine groups is 2. The lowest BCUT2D eigenvalue weighted by Crippen LogP contribution is -2.54. The fourth-order valence-corrected chi connectivity index (χ4v) is 3.70. The molecule has 4 heteroatoms. The highest BCUT2D eigenvalue weighted by Gasteiger charge is 2.42. The van der Waals surface area contributed by atoms with Gasteiger partial charge in [0.15, 0.2) is 5.78 Å². The van der Waals surface area contributed by atoms with Crippen molar-refractivity contribution in [3.63, 3.8) is 0 Å². The number of carbonyl (C=O) groups is 1. The van der Waals surface area contributed by atoms with Gasteiger partial charge >= 0.3 is 0 Å². The van der Waals surface area contributed by atoms with Crippen LogP contribution in [0.15, 0.2) is 54.6 Å². The maximum Gasteiger partial charge on any atom is 0.196 e. The van der Waals surface area contributed by atoms with Crippen molar-refractivity contribution in [3.05, 3.63) is 71.3 Å². The topological polar surface area (TPSA) is 60.4 Å². The van der Waals surface area contributed by atoms with E-state index in [2.05, 4.69) is 0 Å². The van der Waals surface area contributed by atoms with Gasteiger partial charge in [-0.25, -0.2) is 0 Å². The van der Waals surface area contributed by atoms with Gasteiger partial charge < -0.3 is 5.11 Å². The van der Waals surface area contributed by atoms with E-state index in [0.717, 1.165) is 16.2 Å². The van der Waals surface area contributed by atoms with Gasteiger partial charge in [0.1, 0.15) is 5.75 Å². The Morgan fingerprint density at radius 2 is 1.69 bits per heavy atom. The van der Waals surface area contributed by atoms with Crippen molar-refractivity contribution in [1.82, 2.24) is 5.06 Å². The van der Waals surface area contributed by atoms with Crippen LogP contribution >= 0.6 is 0 Å². The smallest absolute Gasteiger partial charge is 0.196 e. The molecule has 2 aromatic carbocycles. The molecule has 0 aromatic heterocycles. The van der Waals surface area contributed by atoms with Crippen LogP contribution in [0.4, 0.5) is 0 Å². The molecule has 0 fully saturated rings. The molecule has 0 bridgehead atoms. The lowest BCUT2D eigenvalue weighted by molar-refractivity contribution is -0.260. The molecular weight excluding hydrogens is 326 g/mol. The molecule has 1 heterocycles. The van der Waals surface area contributed by atoms with Gasteiger partial charge in [-0.15, -0.1) is 10.3 Å². The van der Waals surface area contributed by atoms with Crippen molar-refractivity contribution in [2.24, 2.45) is 0 Å². The molecule has 26 heavy (non-hydrogen) atoms. The van der Waals surface area contributed by atoms with Gasteiger partial charge in [0.25, 0.3) is 0 Å². The van der Waals surface area contributed by atoms with Crippen LogP contribution in [0.25, 0.3) is 5.57 Å². The van der Waals surface area contributed by atoms with Crippen LogP contribution in [-0.4, -0.2) is 27.0 Å². The zero-order valence-electron chi connectivity index (χ0n) is 15.6. The number of ketones is 1. The quantitative estimate of drug-likeness (QED) is 0.822. The van der Waals surface area contributed by atoms with Gasteiger partial charge in [-0.1, -0.05) is 42.5 Å². The first kappa shape index (κ1) is 18.4.